The molecule has 1 aliphatic heterocycles. The van der Waals surface area contributed by atoms with E-state index in [1.807, 2.05) is 32.0 Å². The molecule has 1 fully saturated rings. The number of nitrogens with zero attached hydrogens (tertiary/aromatic N) is 1. The highest BCUT2D eigenvalue weighted by Gasteiger charge is 2.22. The average Bonchev–Trinajstić information content (AvgIpc) is 3.08. The standard InChI is InChI=1S/C19H29N3O3/c1-13-7-5-8-14(2)18(13)21-17(23)12-22(4)15(3)19(24)20-11-16-9-6-10-25-16/h5,7-8,15-16H,6,9-12H2,1-4H3,(H,20,24)(H,21,23)/t15-,16+/m1/s1. The Hall–Kier alpha value is -1.92. The van der Waals surface area contributed by atoms with E-state index in [-0.39, 0.29) is 30.5 Å². The van der Waals surface area contributed by atoms with Crippen molar-refractivity contribution >= 4 is 17.5 Å². The van der Waals surface area contributed by atoms with E-state index in [9.17, 15) is 9.59 Å². The molecule has 0 spiro atoms. The lowest BCUT2D eigenvalue weighted by molar-refractivity contribution is -0.127. The first kappa shape index (κ1) is 19.4. The third kappa shape index (κ3) is 5.54. The van der Waals surface area contributed by atoms with Gasteiger partial charge in [0.15, 0.2) is 0 Å². The average molecular weight is 347 g/mol. The highest BCUT2D eigenvalue weighted by Crippen LogP contribution is 2.19. The Bertz CT molecular complexity index is 592. The summed E-state index contributed by atoms with van der Waals surface area (Å²) in [7, 11) is 1.78. The Balaban J connectivity index is 1.81. The van der Waals surface area contributed by atoms with Gasteiger partial charge in [0.25, 0.3) is 0 Å². The van der Waals surface area contributed by atoms with Crippen LogP contribution in [0.5, 0.6) is 0 Å². The molecular weight excluding hydrogens is 318 g/mol. The van der Waals surface area contributed by atoms with Gasteiger partial charge in [-0.25, -0.2) is 0 Å². The molecule has 2 atom stereocenters. The molecule has 1 heterocycles. The Morgan fingerprint density at radius 2 is 2.00 bits per heavy atom. The van der Waals surface area contributed by atoms with Crippen molar-refractivity contribution in [2.75, 3.05) is 32.1 Å². The maximum absolute atomic E-state index is 12.3. The Kier molecular flexibility index (Phi) is 6.96. The van der Waals surface area contributed by atoms with Crippen LogP contribution in [0.1, 0.15) is 30.9 Å². The van der Waals surface area contributed by atoms with Crippen molar-refractivity contribution < 1.29 is 14.3 Å². The van der Waals surface area contributed by atoms with Gasteiger partial charge in [-0.2, -0.15) is 0 Å². The number of benzene rings is 1. The number of nitrogens with one attached hydrogen (secondary N) is 2. The molecule has 1 aromatic rings. The normalized spacial score (nSPS) is 18.2. The maximum atomic E-state index is 12.3. The summed E-state index contributed by atoms with van der Waals surface area (Å²) in [5.74, 6) is -0.212. The van der Waals surface area contributed by atoms with Crippen LogP contribution in [0.2, 0.25) is 0 Å². The number of ether oxygens (including phenoxy) is 1. The molecule has 1 aliphatic rings. The van der Waals surface area contributed by atoms with Crippen molar-refractivity contribution in [1.82, 2.24) is 10.2 Å². The molecule has 0 unspecified atom stereocenters. The molecule has 138 valence electrons. The Morgan fingerprint density at radius 1 is 1.32 bits per heavy atom. The van der Waals surface area contributed by atoms with Gasteiger partial charge in [-0.3, -0.25) is 14.5 Å². The van der Waals surface area contributed by atoms with Crippen LogP contribution in [0.3, 0.4) is 0 Å². The molecule has 0 radical (unpaired) electrons. The number of anilines is 1. The summed E-state index contributed by atoms with van der Waals surface area (Å²) in [4.78, 5) is 26.3. The first-order valence-electron chi connectivity index (χ1n) is 8.84. The summed E-state index contributed by atoms with van der Waals surface area (Å²) in [5, 5.41) is 5.86. The quantitative estimate of drug-likeness (QED) is 0.790. The van der Waals surface area contributed by atoms with E-state index in [4.69, 9.17) is 4.74 Å². The van der Waals surface area contributed by atoms with Crippen LogP contribution in [-0.4, -0.2) is 55.6 Å². The third-order valence-corrected chi connectivity index (χ3v) is 4.71. The second-order valence-electron chi connectivity index (χ2n) is 6.79. The molecule has 25 heavy (non-hydrogen) atoms. The Labute approximate surface area is 149 Å². The summed E-state index contributed by atoms with van der Waals surface area (Å²) in [5.41, 5.74) is 2.90. The molecule has 2 N–H and O–H groups in total. The minimum absolute atomic E-state index is 0.0853. The molecule has 1 saturated heterocycles. The van der Waals surface area contributed by atoms with Crippen molar-refractivity contribution in [1.29, 1.82) is 0 Å². The maximum Gasteiger partial charge on any atom is 0.238 e. The number of likely N-dealkylation sites (N-methyl/N-ethyl adjacent to an activating group) is 1. The first-order chi connectivity index (χ1) is 11.9. The van der Waals surface area contributed by atoms with E-state index < -0.39 is 0 Å². The van der Waals surface area contributed by atoms with Gasteiger partial charge in [0, 0.05) is 18.8 Å². The van der Waals surface area contributed by atoms with Crippen LogP contribution in [0.15, 0.2) is 18.2 Å². The summed E-state index contributed by atoms with van der Waals surface area (Å²) in [6.45, 7) is 7.19. The number of carbonyl (C=O) groups excluding carboxylic acids is 2. The first-order valence-corrected chi connectivity index (χ1v) is 8.84. The molecule has 1 aromatic carbocycles. The zero-order valence-electron chi connectivity index (χ0n) is 15.6. The van der Waals surface area contributed by atoms with Gasteiger partial charge < -0.3 is 15.4 Å². The molecule has 0 bridgehead atoms. The summed E-state index contributed by atoms with van der Waals surface area (Å²) >= 11 is 0. The van der Waals surface area contributed by atoms with Crippen LogP contribution in [0.25, 0.3) is 0 Å². The summed E-state index contributed by atoms with van der Waals surface area (Å²) in [6, 6.07) is 5.51. The minimum Gasteiger partial charge on any atom is -0.376 e. The predicted molar refractivity (Wildman–Crippen MR) is 98.6 cm³/mol. The lowest BCUT2D eigenvalue weighted by Crippen LogP contribution is -2.47. The third-order valence-electron chi connectivity index (χ3n) is 4.71. The summed E-state index contributed by atoms with van der Waals surface area (Å²) in [6.07, 6.45) is 2.16. The lowest BCUT2D eigenvalue weighted by Gasteiger charge is -2.24. The molecule has 6 nitrogen and oxygen atoms in total. The minimum atomic E-state index is -0.384. The topological polar surface area (TPSA) is 70.7 Å². The lowest BCUT2D eigenvalue weighted by atomic mass is 10.1. The van der Waals surface area contributed by atoms with Crippen LogP contribution < -0.4 is 10.6 Å². The van der Waals surface area contributed by atoms with Crippen LogP contribution >= 0.6 is 0 Å². The molecule has 2 amide bonds. The highest BCUT2D eigenvalue weighted by molar-refractivity contribution is 5.94. The fraction of sp³-hybridized carbons (Fsp3) is 0.579. The van der Waals surface area contributed by atoms with Crippen LogP contribution in [0, 0.1) is 13.8 Å². The van der Waals surface area contributed by atoms with Crippen molar-refractivity contribution in [3.05, 3.63) is 29.3 Å². The zero-order valence-corrected chi connectivity index (χ0v) is 15.6. The monoisotopic (exact) mass is 347 g/mol. The van der Waals surface area contributed by atoms with E-state index >= 15 is 0 Å². The van der Waals surface area contributed by atoms with Crippen molar-refractivity contribution in [2.45, 2.75) is 45.8 Å². The van der Waals surface area contributed by atoms with Gasteiger partial charge >= 0.3 is 0 Å². The van der Waals surface area contributed by atoms with Crippen molar-refractivity contribution in [2.24, 2.45) is 0 Å². The smallest absolute Gasteiger partial charge is 0.238 e. The number of rotatable bonds is 7. The van der Waals surface area contributed by atoms with E-state index in [0.717, 1.165) is 36.3 Å². The number of hydrogen-bond donors (Lipinski definition) is 2. The fourth-order valence-corrected chi connectivity index (χ4v) is 2.92. The summed E-state index contributed by atoms with van der Waals surface area (Å²) < 4.78 is 5.50. The van der Waals surface area contributed by atoms with Gasteiger partial charge in [-0.15, -0.1) is 0 Å². The van der Waals surface area contributed by atoms with Crippen molar-refractivity contribution in [3.63, 3.8) is 0 Å². The van der Waals surface area contributed by atoms with Gasteiger partial charge in [0.05, 0.1) is 18.7 Å². The molecular formula is C19H29N3O3. The van der Waals surface area contributed by atoms with Crippen LogP contribution in [0.4, 0.5) is 5.69 Å². The molecule has 0 aliphatic carbocycles. The number of hydrogen-bond acceptors (Lipinski definition) is 4. The second kappa shape index (κ2) is 8.97. The van der Waals surface area contributed by atoms with E-state index in [1.54, 1.807) is 18.9 Å². The largest absolute Gasteiger partial charge is 0.376 e. The van der Waals surface area contributed by atoms with Gasteiger partial charge in [0.2, 0.25) is 11.8 Å². The SMILES string of the molecule is Cc1cccc(C)c1NC(=O)CN(C)[C@H](C)C(=O)NC[C@@H]1CCCO1. The van der Waals surface area contributed by atoms with E-state index in [0.29, 0.717) is 6.54 Å². The number of aryl methyl sites for hydroxylation is 2. The molecule has 6 heteroatoms. The zero-order chi connectivity index (χ0) is 18.4. The van der Waals surface area contributed by atoms with Gasteiger partial charge in [0.1, 0.15) is 0 Å². The van der Waals surface area contributed by atoms with Crippen LogP contribution in [-0.2, 0) is 14.3 Å². The molecule has 0 saturated carbocycles. The van der Waals surface area contributed by atoms with Gasteiger partial charge in [-0.1, -0.05) is 18.2 Å². The highest BCUT2D eigenvalue weighted by atomic mass is 16.5. The van der Waals surface area contributed by atoms with E-state index in [1.165, 1.54) is 0 Å². The van der Waals surface area contributed by atoms with Crippen molar-refractivity contribution in [3.8, 4) is 0 Å². The number of carbonyl (C=O) groups is 2. The Morgan fingerprint density at radius 3 is 2.60 bits per heavy atom. The number of para-hydroxylation sites is 1. The second-order valence-corrected chi connectivity index (χ2v) is 6.79. The van der Waals surface area contributed by atoms with Gasteiger partial charge in [-0.05, 0) is 51.8 Å². The van der Waals surface area contributed by atoms with E-state index in [2.05, 4.69) is 10.6 Å². The number of amides is 2. The molecule has 0 aromatic heterocycles. The predicted octanol–water partition coefficient (Wildman–Crippen LogP) is 1.86. The molecule has 2 rings (SSSR count). The fourth-order valence-electron chi connectivity index (χ4n) is 2.92.